The number of amides is 1. The van der Waals surface area contributed by atoms with E-state index in [9.17, 15) is 13.2 Å². The molecule has 1 aliphatic rings. The number of hydrogen-bond acceptors (Lipinski definition) is 5. The zero-order chi connectivity index (χ0) is 21.7. The van der Waals surface area contributed by atoms with Gasteiger partial charge in [-0.15, -0.1) is 0 Å². The largest absolute Gasteiger partial charge is 0.497 e. The van der Waals surface area contributed by atoms with Crippen molar-refractivity contribution in [1.29, 1.82) is 0 Å². The van der Waals surface area contributed by atoms with Gasteiger partial charge in [-0.2, -0.15) is 0 Å². The molecule has 1 amide bonds. The van der Waals surface area contributed by atoms with E-state index in [1.807, 2.05) is 12.1 Å². The maximum Gasteiger partial charge on any atom is 0.246 e. The van der Waals surface area contributed by atoms with E-state index in [0.29, 0.717) is 36.7 Å². The number of anilines is 1. The molecule has 0 aromatic heterocycles. The van der Waals surface area contributed by atoms with Crippen molar-refractivity contribution in [3.05, 3.63) is 59.7 Å². The van der Waals surface area contributed by atoms with Gasteiger partial charge in [0.15, 0.2) is 0 Å². The normalized spacial score (nSPS) is 15.4. The highest BCUT2D eigenvalue weighted by molar-refractivity contribution is 7.93. The average molecular weight is 431 g/mol. The van der Waals surface area contributed by atoms with Gasteiger partial charge in [0, 0.05) is 37.8 Å². The van der Waals surface area contributed by atoms with Gasteiger partial charge in [-0.25, -0.2) is 8.42 Å². The van der Waals surface area contributed by atoms with Crippen LogP contribution >= 0.6 is 0 Å². The lowest BCUT2D eigenvalue weighted by Crippen LogP contribution is -2.25. The molecule has 1 saturated heterocycles. The van der Waals surface area contributed by atoms with Gasteiger partial charge in [0.05, 0.1) is 25.7 Å². The quantitative estimate of drug-likeness (QED) is 0.632. The Balaban J connectivity index is 1.64. The average Bonchev–Trinajstić information content (AvgIpc) is 3.11. The van der Waals surface area contributed by atoms with Crippen LogP contribution in [0.4, 0.5) is 5.69 Å². The van der Waals surface area contributed by atoms with E-state index in [1.165, 1.54) is 10.4 Å². The summed E-state index contributed by atoms with van der Waals surface area (Å²) in [6, 6.07) is 12.6. The molecule has 2 aromatic rings. The number of carbonyl (C=O) groups excluding carboxylic acids is 1. The Labute approximate surface area is 177 Å². The molecule has 7 nitrogen and oxygen atoms in total. The predicted molar refractivity (Wildman–Crippen MR) is 117 cm³/mol. The summed E-state index contributed by atoms with van der Waals surface area (Å²) in [6.45, 7) is 0.901. The van der Waals surface area contributed by atoms with E-state index < -0.39 is 10.0 Å². The number of likely N-dealkylation sites (N-methyl/N-ethyl adjacent to an activating group) is 1. The summed E-state index contributed by atoms with van der Waals surface area (Å²) in [4.78, 5) is 14.1. The summed E-state index contributed by atoms with van der Waals surface area (Å²) in [6.07, 6.45) is 3.85. The molecule has 0 saturated carbocycles. The first-order valence-electron chi connectivity index (χ1n) is 9.58. The standard InChI is InChI=1S/C22H26N2O5S/c1-23(16-18-8-11-20(28-2)15-21(18)29-3)22(25)12-7-17-5-9-19(10-6-17)24-13-4-14-30(24,26)27/h5-12,15H,4,13-14,16H2,1-3H3/b12-7+. The van der Waals surface area contributed by atoms with Crippen LogP contribution < -0.4 is 13.8 Å². The first kappa shape index (κ1) is 21.7. The van der Waals surface area contributed by atoms with Crippen molar-refractivity contribution in [1.82, 2.24) is 4.90 Å². The van der Waals surface area contributed by atoms with Gasteiger partial charge >= 0.3 is 0 Å². The van der Waals surface area contributed by atoms with Crippen LogP contribution in [0.15, 0.2) is 48.5 Å². The fraction of sp³-hybridized carbons (Fsp3) is 0.318. The van der Waals surface area contributed by atoms with Crippen LogP contribution in [0.3, 0.4) is 0 Å². The molecule has 2 aromatic carbocycles. The molecule has 1 fully saturated rings. The van der Waals surface area contributed by atoms with E-state index in [4.69, 9.17) is 9.47 Å². The Morgan fingerprint density at radius 1 is 1.13 bits per heavy atom. The molecule has 3 rings (SSSR count). The summed E-state index contributed by atoms with van der Waals surface area (Å²) in [5.74, 6) is 1.38. The zero-order valence-corrected chi connectivity index (χ0v) is 18.2. The number of nitrogens with zero attached hydrogens (tertiary/aromatic N) is 2. The minimum absolute atomic E-state index is 0.154. The maximum atomic E-state index is 12.5. The first-order valence-corrected chi connectivity index (χ1v) is 11.2. The molecule has 0 unspecified atom stereocenters. The van der Waals surface area contributed by atoms with Crippen LogP contribution in [0.5, 0.6) is 11.5 Å². The van der Waals surface area contributed by atoms with Gasteiger partial charge in [0.2, 0.25) is 15.9 Å². The molecule has 1 heterocycles. The molecule has 0 aliphatic carbocycles. The summed E-state index contributed by atoms with van der Waals surface area (Å²) >= 11 is 0. The summed E-state index contributed by atoms with van der Waals surface area (Å²) in [7, 11) is 1.70. The minimum Gasteiger partial charge on any atom is -0.497 e. The van der Waals surface area contributed by atoms with E-state index in [0.717, 1.165) is 11.1 Å². The predicted octanol–water partition coefficient (Wildman–Crippen LogP) is 2.92. The fourth-order valence-electron chi connectivity index (χ4n) is 3.29. The Morgan fingerprint density at radius 2 is 1.87 bits per heavy atom. The van der Waals surface area contributed by atoms with Crippen LogP contribution in [0.25, 0.3) is 6.08 Å². The molecule has 0 atom stereocenters. The third-order valence-electron chi connectivity index (χ3n) is 4.98. The van der Waals surface area contributed by atoms with Gasteiger partial charge in [-0.3, -0.25) is 9.10 Å². The van der Waals surface area contributed by atoms with E-state index in [1.54, 1.807) is 62.6 Å². The SMILES string of the molecule is COc1ccc(CN(C)C(=O)/C=C/c2ccc(N3CCCS3(=O)=O)cc2)c(OC)c1. The van der Waals surface area contributed by atoms with E-state index in [2.05, 4.69) is 0 Å². The second-order valence-electron chi connectivity index (χ2n) is 7.04. The molecule has 0 radical (unpaired) electrons. The van der Waals surface area contributed by atoms with Crippen LogP contribution in [-0.4, -0.2) is 52.8 Å². The Hall–Kier alpha value is -3.00. The second kappa shape index (κ2) is 9.21. The Bertz CT molecular complexity index is 1030. The molecular formula is C22H26N2O5S. The molecule has 8 heteroatoms. The van der Waals surface area contributed by atoms with Crippen molar-refractivity contribution in [3.63, 3.8) is 0 Å². The smallest absolute Gasteiger partial charge is 0.246 e. The van der Waals surface area contributed by atoms with Crippen molar-refractivity contribution in [2.75, 3.05) is 37.9 Å². The first-order chi connectivity index (χ1) is 14.3. The van der Waals surface area contributed by atoms with Crippen LogP contribution in [0.1, 0.15) is 17.5 Å². The number of carbonyl (C=O) groups is 1. The number of hydrogen-bond donors (Lipinski definition) is 0. The van der Waals surface area contributed by atoms with Crippen LogP contribution in [0.2, 0.25) is 0 Å². The van der Waals surface area contributed by atoms with Crippen LogP contribution in [0, 0.1) is 0 Å². The van der Waals surface area contributed by atoms with Gasteiger partial charge in [0.1, 0.15) is 11.5 Å². The molecule has 0 N–H and O–H groups in total. The number of benzene rings is 2. The van der Waals surface area contributed by atoms with Gasteiger partial charge in [-0.05, 0) is 42.3 Å². The van der Waals surface area contributed by atoms with Gasteiger partial charge in [0.25, 0.3) is 0 Å². The second-order valence-corrected chi connectivity index (χ2v) is 9.05. The van der Waals surface area contributed by atoms with Crippen LogP contribution in [-0.2, 0) is 21.4 Å². The van der Waals surface area contributed by atoms with Crippen molar-refractivity contribution < 1.29 is 22.7 Å². The lowest BCUT2D eigenvalue weighted by Gasteiger charge is -2.18. The van der Waals surface area contributed by atoms with Crippen molar-refractivity contribution in [2.45, 2.75) is 13.0 Å². The zero-order valence-electron chi connectivity index (χ0n) is 17.4. The van der Waals surface area contributed by atoms with E-state index in [-0.39, 0.29) is 11.7 Å². The third kappa shape index (κ3) is 4.94. The molecule has 30 heavy (non-hydrogen) atoms. The monoisotopic (exact) mass is 430 g/mol. The molecular weight excluding hydrogens is 404 g/mol. The Morgan fingerprint density at radius 3 is 2.47 bits per heavy atom. The van der Waals surface area contributed by atoms with Crippen molar-refractivity contribution in [2.24, 2.45) is 0 Å². The van der Waals surface area contributed by atoms with Gasteiger partial charge in [-0.1, -0.05) is 12.1 Å². The highest BCUT2D eigenvalue weighted by Gasteiger charge is 2.28. The molecule has 0 bridgehead atoms. The Kier molecular flexibility index (Phi) is 6.66. The molecule has 1 aliphatic heterocycles. The fourth-order valence-corrected chi connectivity index (χ4v) is 4.86. The van der Waals surface area contributed by atoms with Crippen molar-refractivity contribution in [3.8, 4) is 11.5 Å². The topological polar surface area (TPSA) is 76.2 Å². The van der Waals surface area contributed by atoms with E-state index >= 15 is 0 Å². The van der Waals surface area contributed by atoms with Gasteiger partial charge < -0.3 is 14.4 Å². The highest BCUT2D eigenvalue weighted by Crippen LogP contribution is 2.26. The number of ether oxygens (including phenoxy) is 2. The molecule has 0 spiro atoms. The highest BCUT2D eigenvalue weighted by atomic mass is 32.2. The third-order valence-corrected chi connectivity index (χ3v) is 6.85. The number of methoxy groups -OCH3 is 2. The lowest BCUT2D eigenvalue weighted by molar-refractivity contribution is -0.125. The summed E-state index contributed by atoms with van der Waals surface area (Å²) < 4.78 is 36.0. The summed E-state index contributed by atoms with van der Waals surface area (Å²) in [5, 5.41) is 0. The lowest BCUT2D eigenvalue weighted by atomic mass is 10.1. The minimum atomic E-state index is -3.19. The number of sulfonamides is 1. The maximum absolute atomic E-state index is 12.5. The number of rotatable bonds is 7. The van der Waals surface area contributed by atoms with Crippen molar-refractivity contribution >= 4 is 27.7 Å². The summed E-state index contributed by atoms with van der Waals surface area (Å²) in [5.41, 5.74) is 2.34. The molecule has 160 valence electrons.